The standard InChI is InChI=1S/C17H17ClN2/c1-13(15-9-5-3-6-10-15)19-17(20-14(2)18)16-11-7-4-8-12-16/h3,5-7,9-12H,2,4,8H2,1H3/b19-13?,20-17-. The molecule has 0 heterocycles. The molecule has 0 saturated carbocycles. The van der Waals surface area contributed by atoms with Gasteiger partial charge in [0.2, 0.25) is 0 Å². The number of nitrogens with zero attached hydrogens (tertiary/aromatic N) is 2. The molecule has 0 aliphatic heterocycles. The van der Waals surface area contributed by atoms with E-state index in [-0.39, 0.29) is 5.16 Å². The molecule has 1 aliphatic rings. The lowest BCUT2D eigenvalue weighted by Crippen LogP contribution is -2.05. The summed E-state index contributed by atoms with van der Waals surface area (Å²) in [7, 11) is 0. The minimum Gasteiger partial charge on any atom is -0.233 e. The van der Waals surface area contributed by atoms with Gasteiger partial charge in [-0.2, -0.15) is 0 Å². The van der Waals surface area contributed by atoms with Crippen LogP contribution in [0.25, 0.3) is 0 Å². The fourth-order valence-electron chi connectivity index (χ4n) is 1.95. The van der Waals surface area contributed by atoms with Gasteiger partial charge in [-0.1, -0.05) is 66.7 Å². The first kappa shape index (κ1) is 14.5. The van der Waals surface area contributed by atoms with Crippen LogP contribution in [-0.4, -0.2) is 11.5 Å². The maximum atomic E-state index is 5.82. The molecule has 1 aliphatic carbocycles. The number of rotatable bonds is 3. The van der Waals surface area contributed by atoms with Crippen molar-refractivity contribution in [2.24, 2.45) is 9.98 Å². The van der Waals surface area contributed by atoms with Crippen molar-refractivity contribution in [3.63, 3.8) is 0 Å². The summed E-state index contributed by atoms with van der Waals surface area (Å²) in [5.74, 6) is 0.613. The Labute approximate surface area is 124 Å². The quantitative estimate of drug-likeness (QED) is 0.429. The Hall–Kier alpha value is -1.93. The topological polar surface area (TPSA) is 24.7 Å². The van der Waals surface area contributed by atoms with E-state index < -0.39 is 0 Å². The molecule has 2 rings (SSSR count). The van der Waals surface area contributed by atoms with Crippen molar-refractivity contribution in [2.45, 2.75) is 19.8 Å². The molecule has 102 valence electrons. The minimum atomic E-state index is 0.240. The summed E-state index contributed by atoms with van der Waals surface area (Å²) in [5.41, 5.74) is 2.97. The lowest BCUT2D eigenvalue weighted by Gasteiger charge is -2.08. The number of halogens is 1. The first-order chi connectivity index (χ1) is 9.66. The van der Waals surface area contributed by atoms with E-state index in [9.17, 15) is 0 Å². The Bertz CT molecular complexity index is 607. The van der Waals surface area contributed by atoms with Crippen molar-refractivity contribution in [2.75, 3.05) is 0 Å². The van der Waals surface area contributed by atoms with Crippen LogP contribution in [0.3, 0.4) is 0 Å². The second-order valence-electron chi connectivity index (χ2n) is 4.51. The Morgan fingerprint density at radius 3 is 2.50 bits per heavy atom. The predicted molar refractivity (Wildman–Crippen MR) is 87.5 cm³/mol. The third kappa shape index (κ3) is 4.04. The van der Waals surface area contributed by atoms with Crippen LogP contribution < -0.4 is 0 Å². The molecule has 0 atom stereocenters. The highest BCUT2D eigenvalue weighted by Gasteiger charge is 2.07. The van der Waals surface area contributed by atoms with Crippen molar-refractivity contribution in [1.29, 1.82) is 0 Å². The second-order valence-corrected chi connectivity index (χ2v) is 4.95. The Morgan fingerprint density at radius 2 is 1.90 bits per heavy atom. The van der Waals surface area contributed by atoms with Gasteiger partial charge in [-0.3, -0.25) is 0 Å². The van der Waals surface area contributed by atoms with Crippen molar-refractivity contribution in [1.82, 2.24) is 0 Å². The van der Waals surface area contributed by atoms with E-state index in [1.165, 1.54) is 0 Å². The summed E-state index contributed by atoms with van der Waals surface area (Å²) >= 11 is 5.82. The molecule has 0 unspecified atom stereocenters. The number of benzene rings is 1. The van der Waals surface area contributed by atoms with E-state index in [1.54, 1.807) is 0 Å². The molecule has 0 saturated heterocycles. The highest BCUT2D eigenvalue weighted by Crippen LogP contribution is 2.15. The highest BCUT2D eigenvalue weighted by molar-refractivity contribution is 6.30. The van der Waals surface area contributed by atoms with Crippen LogP contribution in [-0.2, 0) is 0 Å². The first-order valence-corrected chi connectivity index (χ1v) is 6.95. The van der Waals surface area contributed by atoms with Crippen LogP contribution in [0.5, 0.6) is 0 Å². The molecule has 0 fully saturated rings. The van der Waals surface area contributed by atoms with Gasteiger partial charge in [0, 0.05) is 11.3 Å². The Morgan fingerprint density at radius 1 is 1.15 bits per heavy atom. The van der Waals surface area contributed by atoms with Crippen molar-refractivity contribution in [3.05, 3.63) is 71.4 Å². The first-order valence-electron chi connectivity index (χ1n) is 6.57. The molecule has 20 heavy (non-hydrogen) atoms. The van der Waals surface area contributed by atoms with Gasteiger partial charge in [0.1, 0.15) is 5.16 Å². The molecule has 1 aromatic rings. The molecule has 0 spiro atoms. The number of hydrogen-bond donors (Lipinski definition) is 0. The minimum absolute atomic E-state index is 0.240. The zero-order valence-electron chi connectivity index (χ0n) is 11.5. The molecule has 1 aromatic carbocycles. The maximum Gasteiger partial charge on any atom is 0.160 e. The summed E-state index contributed by atoms with van der Waals surface area (Å²) in [4.78, 5) is 8.86. The van der Waals surface area contributed by atoms with E-state index in [0.29, 0.717) is 5.84 Å². The number of hydrogen-bond acceptors (Lipinski definition) is 1. The van der Waals surface area contributed by atoms with Gasteiger partial charge in [0.15, 0.2) is 5.84 Å². The average molecular weight is 285 g/mol. The van der Waals surface area contributed by atoms with E-state index in [2.05, 4.69) is 28.7 Å². The third-order valence-corrected chi connectivity index (χ3v) is 3.03. The van der Waals surface area contributed by atoms with Gasteiger partial charge in [-0.25, -0.2) is 9.98 Å². The van der Waals surface area contributed by atoms with Crippen LogP contribution in [0.4, 0.5) is 0 Å². The van der Waals surface area contributed by atoms with Gasteiger partial charge in [0.05, 0.1) is 0 Å². The van der Waals surface area contributed by atoms with Crippen LogP contribution >= 0.6 is 11.6 Å². The zero-order valence-corrected chi connectivity index (χ0v) is 12.3. The van der Waals surface area contributed by atoms with E-state index in [4.69, 9.17) is 11.6 Å². The van der Waals surface area contributed by atoms with Gasteiger partial charge in [-0.05, 0) is 25.3 Å². The van der Waals surface area contributed by atoms with Crippen LogP contribution in [0.1, 0.15) is 25.3 Å². The summed E-state index contributed by atoms with van der Waals surface area (Å²) in [6.45, 7) is 5.59. The van der Waals surface area contributed by atoms with Gasteiger partial charge in [-0.15, -0.1) is 0 Å². The molecule has 0 radical (unpaired) electrons. The highest BCUT2D eigenvalue weighted by atomic mass is 35.5. The Balaban J connectivity index is 2.36. The lowest BCUT2D eigenvalue weighted by atomic mass is 10.1. The molecule has 0 amide bonds. The van der Waals surface area contributed by atoms with Crippen molar-refractivity contribution < 1.29 is 0 Å². The normalized spacial score (nSPS) is 16.0. The van der Waals surface area contributed by atoms with E-state index in [0.717, 1.165) is 29.7 Å². The maximum absolute atomic E-state index is 5.82. The van der Waals surface area contributed by atoms with Gasteiger partial charge >= 0.3 is 0 Å². The summed E-state index contributed by atoms with van der Waals surface area (Å²) in [6.07, 6.45) is 8.33. The van der Waals surface area contributed by atoms with Crippen molar-refractivity contribution >= 4 is 23.1 Å². The fraction of sp³-hybridized carbons (Fsp3) is 0.176. The summed E-state index contributed by atoms with van der Waals surface area (Å²) in [5, 5.41) is 0.240. The van der Waals surface area contributed by atoms with Crippen LogP contribution in [0.2, 0.25) is 0 Å². The Kier molecular flexibility index (Phi) is 5.08. The zero-order chi connectivity index (χ0) is 14.4. The number of amidine groups is 1. The smallest absolute Gasteiger partial charge is 0.160 e. The van der Waals surface area contributed by atoms with E-state index >= 15 is 0 Å². The largest absolute Gasteiger partial charge is 0.233 e. The molecule has 0 N–H and O–H groups in total. The van der Waals surface area contributed by atoms with Crippen LogP contribution in [0.15, 0.2) is 75.9 Å². The van der Waals surface area contributed by atoms with E-state index in [1.807, 2.05) is 43.3 Å². The van der Waals surface area contributed by atoms with Gasteiger partial charge < -0.3 is 0 Å². The predicted octanol–water partition coefficient (Wildman–Crippen LogP) is 4.88. The third-order valence-electron chi connectivity index (χ3n) is 2.95. The van der Waals surface area contributed by atoms with Crippen molar-refractivity contribution in [3.8, 4) is 0 Å². The van der Waals surface area contributed by atoms with Crippen LogP contribution in [0, 0.1) is 0 Å². The summed E-state index contributed by atoms with van der Waals surface area (Å²) < 4.78 is 0. The molecule has 0 aromatic heterocycles. The molecular formula is C17H17ClN2. The molecule has 0 bridgehead atoms. The number of allylic oxidation sites excluding steroid dienone is 2. The fourth-order valence-corrected chi connectivity index (χ4v) is 2.03. The summed E-state index contributed by atoms with van der Waals surface area (Å²) in [6, 6.07) is 10.0. The monoisotopic (exact) mass is 284 g/mol. The molecule has 3 heteroatoms. The molecular weight excluding hydrogens is 268 g/mol. The lowest BCUT2D eigenvalue weighted by molar-refractivity contribution is 1.03. The average Bonchev–Trinajstić information content (AvgIpc) is 2.48. The SMILES string of the molecule is C=C(Cl)/N=C(\N=C(C)c1ccccc1)C1=CCCC=C1. The van der Waals surface area contributed by atoms with Gasteiger partial charge in [0.25, 0.3) is 0 Å². The second kappa shape index (κ2) is 7.01. The molecule has 2 nitrogen and oxygen atoms in total. The number of aliphatic imine (C=N–C) groups is 2.